The summed E-state index contributed by atoms with van der Waals surface area (Å²) in [6, 6.07) is 9.49. The van der Waals surface area contributed by atoms with Crippen LogP contribution in [0.4, 0.5) is 0 Å². The van der Waals surface area contributed by atoms with Crippen molar-refractivity contribution in [1.29, 1.82) is 0 Å². The number of likely N-dealkylation sites (tertiary alicyclic amines) is 1. The van der Waals surface area contributed by atoms with Gasteiger partial charge in [0.1, 0.15) is 17.5 Å². The van der Waals surface area contributed by atoms with Gasteiger partial charge in [0.25, 0.3) is 0 Å². The van der Waals surface area contributed by atoms with E-state index in [1.165, 1.54) is 0 Å². The van der Waals surface area contributed by atoms with E-state index in [0.29, 0.717) is 13.0 Å². The number of hydrogen-bond acceptors (Lipinski definition) is 5. The first-order valence-corrected chi connectivity index (χ1v) is 9.24. The second-order valence-corrected chi connectivity index (χ2v) is 7.14. The number of piperidine rings is 1. The molecular formula is C20H28N2O4. The SMILES string of the molecule is C[C@]1(O)CN(C(=O)/C=C/CN2CCOCC2)CC[C@@H]1Oc1ccccc1. The molecule has 2 heterocycles. The van der Waals surface area contributed by atoms with Gasteiger partial charge in [-0.2, -0.15) is 0 Å². The van der Waals surface area contributed by atoms with Crippen molar-refractivity contribution in [2.45, 2.75) is 25.0 Å². The minimum Gasteiger partial charge on any atom is -0.487 e. The number of hydrogen-bond donors (Lipinski definition) is 1. The van der Waals surface area contributed by atoms with Crippen LogP contribution in [0.25, 0.3) is 0 Å². The summed E-state index contributed by atoms with van der Waals surface area (Å²) in [6.45, 7) is 6.63. The first-order chi connectivity index (χ1) is 12.5. The standard InChI is InChI=1S/C20H28N2O4/c1-20(24)16-22(11-9-18(20)26-17-6-3-2-4-7-17)19(23)8-5-10-21-12-14-25-15-13-21/h2-8,18,24H,9-16H2,1H3/b8-5+/t18-,20-/m0/s1. The number of β-amino-alcohol motifs (C(OH)–C–C–N with tert-alkyl or cyclic N) is 1. The van der Waals surface area contributed by atoms with E-state index in [0.717, 1.165) is 38.6 Å². The molecule has 6 heteroatoms. The Hall–Kier alpha value is -1.89. The first-order valence-electron chi connectivity index (χ1n) is 9.24. The van der Waals surface area contributed by atoms with E-state index >= 15 is 0 Å². The molecule has 1 aromatic rings. The summed E-state index contributed by atoms with van der Waals surface area (Å²) in [6.07, 6.45) is 3.79. The monoisotopic (exact) mass is 360 g/mol. The Balaban J connectivity index is 1.50. The van der Waals surface area contributed by atoms with Crippen LogP contribution in [0.3, 0.4) is 0 Å². The Kier molecular flexibility index (Phi) is 6.29. The van der Waals surface area contributed by atoms with Crippen molar-refractivity contribution in [1.82, 2.24) is 9.80 Å². The number of carbonyl (C=O) groups excluding carboxylic acids is 1. The molecule has 6 nitrogen and oxygen atoms in total. The number of aliphatic hydroxyl groups is 1. The zero-order chi connectivity index (χ0) is 18.4. The van der Waals surface area contributed by atoms with E-state index in [-0.39, 0.29) is 18.6 Å². The number of amides is 1. The second kappa shape index (κ2) is 8.66. The van der Waals surface area contributed by atoms with Crippen LogP contribution in [0, 0.1) is 0 Å². The predicted octanol–water partition coefficient (Wildman–Crippen LogP) is 1.31. The molecule has 1 amide bonds. The van der Waals surface area contributed by atoms with Crippen molar-refractivity contribution in [2.24, 2.45) is 0 Å². The Labute approximate surface area is 155 Å². The molecule has 0 bridgehead atoms. The summed E-state index contributed by atoms with van der Waals surface area (Å²) in [5.41, 5.74) is -1.08. The Morgan fingerprint density at radius 1 is 1.31 bits per heavy atom. The molecule has 0 radical (unpaired) electrons. The lowest BCUT2D eigenvalue weighted by molar-refractivity contribution is -0.141. The summed E-state index contributed by atoms with van der Waals surface area (Å²) in [7, 11) is 0. The van der Waals surface area contributed by atoms with Crippen LogP contribution in [-0.2, 0) is 9.53 Å². The Bertz CT molecular complexity index is 611. The number of morpholine rings is 1. The van der Waals surface area contributed by atoms with Crippen molar-refractivity contribution >= 4 is 5.91 Å². The quantitative estimate of drug-likeness (QED) is 0.802. The lowest BCUT2D eigenvalue weighted by atomic mass is 9.91. The Morgan fingerprint density at radius 2 is 2.04 bits per heavy atom. The lowest BCUT2D eigenvalue weighted by Gasteiger charge is -2.42. The van der Waals surface area contributed by atoms with Gasteiger partial charge in [-0.05, 0) is 19.1 Å². The van der Waals surface area contributed by atoms with Gasteiger partial charge in [0.2, 0.25) is 5.91 Å². The normalized spacial score (nSPS) is 27.6. The van der Waals surface area contributed by atoms with Gasteiger partial charge in [0, 0.05) is 38.7 Å². The molecule has 2 saturated heterocycles. The number of benzene rings is 1. The molecule has 0 aromatic heterocycles. The number of ether oxygens (including phenoxy) is 2. The van der Waals surface area contributed by atoms with E-state index in [1.807, 2.05) is 36.4 Å². The molecule has 2 aliphatic rings. The van der Waals surface area contributed by atoms with Crippen molar-refractivity contribution in [3.8, 4) is 5.75 Å². The maximum absolute atomic E-state index is 12.4. The smallest absolute Gasteiger partial charge is 0.246 e. The number of nitrogens with zero attached hydrogens (tertiary/aromatic N) is 2. The van der Waals surface area contributed by atoms with Crippen molar-refractivity contribution in [3.63, 3.8) is 0 Å². The molecule has 142 valence electrons. The summed E-state index contributed by atoms with van der Waals surface area (Å²) < 4.78 is 11.3. The third-order valence-electron chi connectivity index (χ3n) is 4.93. The predicted molar refractivity (Wildman–Crippen MR) is 99.1 cm³/mol. The molecular weight excluding hydrogens is 332 g/mol. The maximum Gasteiger partial charge on any atom is 0.246 e. The van der Waals surface area contributed by atoms with Crippen LogP contribution in [0.2, 0.25) is 0 Å². The van der Waals surface area contributed by atoms with Crippen LogP contribution < -0.4 is 4.74 Å². The molecule has 26 heavy (non-hydrogen) atoms. The van der Waals surface area contributed by atoms with E-state index in [1.54, 1.807) is 17.9 Å². The number of para-hydroxylation sites is 1. The van der Waals surface area contributed by atoms with E-state index in [9.17, 15) is 9.90 Å². The van der Waals surface area contributed by atoms with Gasteiger partial charge in [-0.25, -0.2) is 0 Å². The fourth-order valence-corrected chi connectivity index (χ4v) is 3.38. The third-order valence-corrected chi connectivity index (χ3v) is 4.93. The molecule has 1 aromatic carbocycles. The van der Waals surface area contributed by atoms with Gasteiger partial charge < -0.3 is 19.5 Å². The van der Waals surface area contributed by atoms with Gasteiger partial charge in [-0.15, -0.1) is 0 Å². The summed E-state index contributed by atoms with van der Waals surface area (Å²) in [5, 5.41) is 10.8. The zero-order valence-electron chi connectivity index (χ0n) is 15.3. The molecule has 1 N–H and O–H groups in total. The second-order valence-electron chi connectivity index (χ2n) is 7.14. The van der Waals surface area contributed by atoms with E-state index < -0.39 is 5.60 Å². The van der Waals surface area contributed by atoms with Gasteiger partial charge in [-0.1, -0.05) is 24.3 Å². The highest BCUT2D eigenvalue weighted by atomic mass is 16.5. The molecule has 2 fully saturated rings. The third kappa shape index (κ3) is 5.06. The minimum atomic E-state index is -1.08. The lowest BCUT2D eigenvalue weighted by Crippen LogP contribution is -2.58. The number of rotatable bonds is 5. The average Bonchev–Trinajstić information content (AvgIpc) is 2.65. The van der Waals surface area contributed by atoms with Crippen LogP contribution in [0.1, 0.15) is 13.3 Å². The summed E-state index contributed by atoms with van der Waals surface area (Å²) >= 11 is 0. The highest BCUT2D eigenvalue weighted by Gasteiger charge is 2.40. The fraction of sp³-hybridized carbons (Fsp3) is 0.550. The van der Waals surface area contributed by atoms with Crippen LogP contribution in [0.15, 0.2) is 42.5 Å². The van der Waals surface area contributed by atoms with E-state index in [2.05, 4.69) is 4.90 Å². The zero-order valence-corrected chi connectivity index (χ0v) is 15.3. The van der Waals surface area contributed by atoms with E-state index in [4.69, 9.17) is 9.47 Å². The topological polar surface area (TPSA) is 62.2 Å². The van der Waals surface area contributed by atoms with Crippen molar-refractivity contribution in [2.75, 3.05) is 45.9 Å². The van der Waals surface area contributed by atoms with Crippen molar-refractivity contribution in [3.05, 3.63) is 42.5 Å². The van der Waals surface area contributed by atoms with Gasteiger partial charge in [0.15, 0.2) is 0 Å². The molecule has 0 spiro atoms. The van der Waals surface area contributed by atoms with Gasteiger partial charge in [-0.3, -0.25) is 9.69 Å². The first kappa shape index (κ1) is 18.9. The minimum absolute atomic E-state index is 0.0586. The van der Waals surface area contributed by atoms with Crippen LogP contribution in [-0.4, -0.2) is 78.5 Å². The van der Waals surface area contributed by atoms with Gasteiger partial charge in [0.05, 0.1) is 19.8 Å². The van der Waals surface area contributed by atoms with Gasteiger partial charge >= 0.3 is 0 Å². The molecule has 0 aliphatic carbocycles. The highest BCUT2D eigenvalue weighted by Crippen LogP contribution is 2.26. The van der Waals surface area contributed by atoms with Crippen LogP contribution >= 0.6 is 0 Å². The molecule has 0 unspecified atom stereocenters. The summed E-state index contributed by atoms with van der Waals surface area (Å²) in [5.74, 6) is 0.680. The van der Waals surface area contributed by atoms with Crippen LogP contribution in [0.5, 0.6) is 5.75 Å². The molecule has 0 saturated carbocycles. The Morgan fingerprint density at radius 3 is 2.73 bits per heavy atom. The van der Waals surface area contributed by atoms with Crippen molar-refractivity contribution < 1.29 is 19.4 Å². The molecule has 2 aliphatic heterocycles. The maximum atomic E-state index is 12.4. The summed E-state index contributed by atoms with van der Waals surface area (Å²) in [4.78, 5) is 16.4. The fourth-order valence-electron chi connectivity index (χ4n) is 3.38. The number of carbonyl (C=O) groups is 1. The molecule has 3 rings (SSSR count). The average molecular weight is 360 g/mol. The largest absolute Gasteiger partial charge is 0.487 e. The highest BCUT2D eigenvalue weighted by molar-refractivity contribution is 5.87. The molecule has 2 atom stereocenters.